The highest BCUT2D eigenvalue weighted by Crippen LogP contribution is 2.36. The third-order valence-corrected chi connectivity index (χ3v) is 4.41. The lowest BCUT2D eigenvalue weighted by molar-refractivity contribution is 0.675. The van der Waals surface area contributed by atoms with Gasteiger partial charge in [0.15, 0.2) is 5.82 Å². The van der Waals surface area contributed by atoms with Gasteiger partial charge in [0.2, 0.25) is 0 Å². The van der Waals surface area contributed by atoms with Crippen LogP contribution in [0, 0.1) is 6.92 Å². The Bertz CT molecular complexity index is 846. The van der Waals surface area contributed by atoms with Crippen molar-refractivity contribution in [2.45, 2.75) is 26.8 Å². The number of fused-ring (bicyclic) bond motifs is 5. The molecule has 0 radical (unpaired) electrons. The van der Waals surface area contributed by atoms with Crippen LogP contribution in [0.2, 0.25) is 0 Å². The van der Waals surface area contributed by atoms with Crippen molar-refractivity contribution in [1.29, 1.82) is 0 Å². The van der Waals surface area contributed by atoms with Crippen LogP contribution in [0.25, 0.3) is 17.1 Å². The lowest BCUT2D eigenvalue weighted by Crippen LogP contribution is -2.05. The molecule has 4 rings (SSSR count). The maximum atomic E-state index is 4.49. The predicted molar refractivity (Wildman–Crippen MR) is 83.5 cm³/mol. The van der Waals surface area contributed by atoms with Gasteiger partial charge in [0.05, 0.1) is 24.1 Å². The van der Waals surface area contributed by atoms with E-state index in [1.807, 2.05) is 17.8 Å². The van der Waals surface area contributed by atoms with E-state index in [1.165, 1.54) is 5.56 Å². The van der Waals surface area contributed by atoms with Crippen molar-refractivity contribution < 1.29 is 0 Å². The Kier molecular flexibility index (Phi) is 2.75. The molecule has 1 aliphatic rings. The molecule has 0 spiro atoms. The quantitative estimate of drug-likeness (QED) is 0.533. The second kappa shape index (κ2) is 4.53. The number of aryl methyl sites for hydroxylation is 2. The van der Waals surface area contributed by atoms with Crippen LogP contribution in [-0.2, 0) is 13.0 Å². The average molecular weight is 344 g/mol. The Hall–Kier alpha value is -1.95. The summed E-state index contributed by atoms with van der Waals surface area (Å²) in [5, 5.41) is 4.37. The SMILES string of the molecule is CCc1cc(Br)cc2c1-c1ncnn1Cc1cnc(C)n1-2. The molecule has 5 nitrogen and oxygen atoms in total. The molecule has 0 atom stereocenters. The van der Waals surface area contributed by atoms with E-state index in [4.69, 9.17) is 0 Å². The summed E-state index contributed by atoms with van der Waals surface area (Å²) in [6.07, 6.45) is 4.49. The number of aromatic nitrogens is 5. The van der Waals surface area contributed by atoms with Crippen molar-refractivity contribution in [3.05, 3.63) is 46.2 Å². The molecule has 0 aliphatic carbocycles. The Morgan fingerprint density at radius 1 is 1.29 bits per heavy atom. The summed E-state index contributed by atoms with van der Waals surface area (Å²) in [6, 6.07) is 4.30. The van der Waals surface area contributed by atoms with E-state index in [0.717, 1.165) is 39.5 Å². The molecule has 0 bridgehead atoms. The first-order chi connectivity index (χ1) is 10.2. The van der Waals surface area contributed by atoms with E-state index >= 15 is 0 Å². The molecule has 106 valence electrons. The highest BCUT2D eigenvalue weighted by Gasteiger charge is 2.24. The Labute approximate surface area is 130 Å². The van der Waals surface area contributed by atoms with Gasteiger partial charge >= 0.3 is 0 Å². The van der Waals surface area contributed by atoms with Gasteiger partial charge in [-0.05, 0) is 31.0 Å². The van der Waals surface area contributed by atoms with Crippen molar-refractivity contribution in [3.63, 3.8) is 0 Å². The average Bonchev–Trinajstić information content (AvgIpc) is 3.03. The zero-order chi connectivity index (χ0) is 14.6. The molecule has 0 N–H and O–H groups in total. The first kappa shape index (κ1) is 12.8. The molecule has 2 aromatic heterocycles. The number of hydrogen-bond acceptors (Lipinski definition) is 3. The smallest absolute Gasteiger partial charge is 0.160 e. The van der Waals surface area contributed by atoms with Crippen molar-refractivity contribution in [2.75, 3.05) is 0 Å². The summed E-state index contributed by atoms with van der Waals surface area (Å²) in [7, 11) is 0. The number of imidazole rings is 1. The van der Waals surface area contributed by atoms with Gasteiger partial charge in [0, 0.05) is 10.0 Å². The summed E-state index contributed by atoms with van der Waals surface area (Å²) in [5.74, 6) is 1.91. The van der Waals surface area contributed by atoms with Crippen molar-refractivity contribution in [3.8, 4) is 17.1 Å². The summed E-state index contributed by atoms with van der Waals surface area (Å²) in [6.45, 7) is 4.88. The standard InChI is InChI=1S/C15H14BrN5/c1-3-10-4-11(16)5-13-14(10)15-18-8-19-20(15)7-12-6-17-9(2)21(12)13/h4-6,8H,3,7H2,1-2H3. The van der Waals surface area contributed by atoms with Crippen LogP contribution in [0.15, 0.2) is 29.1 Å². The van der Waals surface area contributed by atoms with E-state index in [9.17, 15) is 0 Å². The molecule has 0 saturated carbocycles. The molecule has 0 saturated heterocycles. The van der Waals surface area contributed by atoms with Gasteiger partial charge in [-0.1, -0.05) is 22.9 Å². The highest BCUT2D eigenvalue weighted by atomic mass is 79.9. The van der Waals surface area contributed by atoms with E-state index in [2.05, 4.69) is 54.6 Å². The van der Waals surface area contributed by atoms with Crippen LogP contribution in [0.1, 0.15) is 24.0 Å². The fraction of sp³-hybridized carbons (Fsp3) is 0.267. The van der Waals surface area contributed by atoms with Crippen LogP contribution in [0.4, 0.5) is 0 Å². The number of benzene rings is 1. The van der Waals surface area contributed by atoms with Gasteiger partial charge in [0.1, 0.15) is 12.2 Å². The monoisotopic (exact) mass is 343 g/mol. The number of hydrogen-bond donors (Lipinski definition) is 0. The molecular formula is C15H14BrN5. The van der Waals surface area contributed by atoms with E-state index in [0.29, 0.717) is 6.54 Å². The molecule has 0 fully saturated rings. The second-order valence-corrected chi connectivity index (χ2v) is 6.10. The minimum atomic E-state index is 0.686. The molecule has 3 heterocycles. The molecule has 21 heavy (non-hydrogen) atoms. The summed E-state index contributed by atoms with van der Waals surface area (Å²) in [4.78, 5) is 8.96. The van der Waals surface area contributed by atoms with Gasteiger partial charge in [0.25, 0.3) is 0 Å². The largest absolute Gasteiger partial charge is 0.298 e. The third kappa shape index (κ3) is 1.78. The molecule has 0 amide bonds. The summed E-state index contributed by atoms with van der Waals surface area (Å²) in [5.41, 5.74) is 4.66. The summed E-state index contributed by atoms with van der Waals surface area (Å²) >= 11 is 3.63. The van der Waals surface area contributed by atoms with E-state index in [-0.39, 0.29) is 0 Å². The second-order valence-electron chi connectivity index (χ2n) is 5.19. The minimum Gasteiger partial charge on any atom is -0.298 e. The van der Waals surface area contributed by atoms with Crippen LogP contribution in [0.5, 0.6) is 0 Å². The maximum Gasteiger partial charge on any atom is 0.160 e. The zero-order valence-electron chi connectivity index (χ0n) is 11.8. The molecule has 3 aromatic rings. The maximum absolute atomic E-state index is 4.49. The van der Waals surface area contributed by atoms with E-state index in [1.54, 1.807) is 6.33 Å². The van der Waals surface area contributed by atoms with Gasteiger partial charge < -0.3 is 0 Å². The topological polar surface area (TPSA) is 48.5 Å². The zero-order valence-corrected chi connectivity index (χ0v) is 13.4. The minimum absolute atomic E-state index is 0.686. The summed E-state index contributed by atoms with van der Waals surface area (Å²) < 4.78 is 5.23. The van der Waals surface area contributed by atoms with E-state index < -0.39 is 0 Å². The molecule has 6 heteroatoms. The van der Waals surface area contributed by atoms with Crippen LogP contribution >= 0.6 is 15.9 Å². The molecular weight excluding hydrogens is 330 g/mol. The molecule has 0 unspecified atom stereocenters. The Morgan fingerprint density at radius 2 is 2.14 bits per heavy atom. The highest BCUT2D eigenvalue weighted by molar-refractivity contribution is 9.10. The normalized spacial score (nSPS) is 12.5. The number of halogens is 1. The lowest BCUT2D eigenvalue weighted by atomic mass is 10.0. The fourth-order valence-electron chi connectivity index (χ4n) is 3.02. The predicted octanol–water partition coefficient (Wildman–Crippen LogP) is 3.13. The van der Waals surface area contributed by atoms with Crippen molar-refractivity contribution >= 4 is 15.9 Å². The van der Waals surface area contributed by atoms with Gasteiger partial charge in [-0.25, -0.2) is 14.6 Å². The van der Waals surface area contributed by atoms with Crippen molar-refractivity contribution in [1.82, 2.24) is 24.3 Å². The molecule has 1 aliphatic heterocycles. The molecule has 1 aromatic carbocycles. The Balaban J connectivity index is 2.17. The van der Waals surface area contributed by atoms with Gasteiger partial charge in [-0.2, -0.15) is 5.10 Å². The lowest BCUT2D eigenvalue weighted by Gasteiger charge is -2.14. The van der Waals surface area contributed by atoms with Crippen molar-refractivity contribution in [2.24, 2.45) is 0 Å². The fourth-order valence-corrected chi connectivity index (χ4v) is 3.51. The number of nitrogens with zero attached hydrogens (tertiary/aromatic N) is 5. The van der Waals surface area contributed by atoms with Crippen LogP contribution < -0.4 is 0 Å². The Morgan fingerprint density at radius 3 is 2.95 bits per heavy atom. The van der Waals surface area contributed by atoms with Crippen LogP contribution in [-0.4, -0.2) is 24.3 Å². The van der Waals surface area contributed by atoms with Gasteiger partial charge in [-0.15, -0.1) is 0 Å². The number of rotatable bonds is 1. The van der Waals surface area contributed by atoms with Gasteiger partial charge in [-0.3, -0.25) is 4.57 Å². The first-order valence-electron chi connectivity index (χ1n) is 6.93. The third-order valence-electron chi connectivity index (χ3n) is 3.95. The first-order valence-corrected chi connectivity index (χ1v) is 7.72. The van der Waals surface area contributed by atoms with Crippen LogP contribution in [0.3, 0.4) is 0 Å².